The zero-order valence-electron chi connectivity index (χ0n) is 14.5. The van der Waals surface area contributed by atoms with Crippen LogP contribution in [0.1, 0.15) is 31.0 Å². The Bertz CT molecular complexity index is 893. The van der Waals surface area contributed by atoms with Crippen molar-refractivity contribution in [1.82, 2.24) is 5.32 Å². The fourth-order valence-electron chi connectivity index (χ4n) is 3.16. The molecule has 1 amide bonds. The normalized spacial score (nSPS) is 18.4. The Morgan fingerprint density at radius 1 is 1.19 bits per heavy atom. The summed E-state index contributed by atoms with van der Waals surface area (Å²) in [5, 5.41) is 11.6. The highest BCUT2D eigenvalue weighted by atomic mass is 19.4. The van der Waals surface area contributed by atoms with E-state index in [1.165, 1.54) is 12.1 Å². The number of hydrogen-bond donors (Lipinski definition) is 2. The second-order valence-electron chi connectivity index (χ2n) is 7.10. The van der Waals surface area contributed by atoms with Crippen molar-refractivity contribution in [3.05, 3.63) is 53.3 Å². The summed E-state index contributed by atoms with van der Waals surface area (Å²) in [5.41, 5.74) is -0.664. The lowest BCUT2D eigenvalue weighted by Gasteiger charge is -2.39. The van der Waals surface area contributed by atoms with Crippen LogP contribution < -0.4 is 10.1 Å². The molecule has 1 aliphatic rings. The number of rotatable bonds is 2. The van der Waals surface area contributed by atoms with E-state index < -0.39 is 35.1 Å². The minimum Gasteiger partial charge on any atom is -0.493 e. The molecule has 3 rings (SSSR count). The zero-order valence-corrected chi connectivity index (χ0v) is 14.5. The van der Waals surface area contributed by atoms with Gasteiger partial charge in [-0.2, -0.15) is 13.2 Å². The fraction of sp³-hybridized carbons (Fsp3) is 0.316. The molecule has 2 aromatic rings. The summed E-state index contributed by atoms with van der Waals surface area (Å²) in [5.74, 6) is -0.962. The fourth-order valence-corrected chi connectivity index (χ4v) is 3.16. The lowest BCUT2D eigenvalue weighted by molar-refractivity contribution is -0.139. The van der Waals surface area contributed by atoms with E-state index in [1.54, 1.807) is 12.1 Å². The van der Waals surface area contributed by atoms with Gasteiger partial charge in [0.15, 0.2) is 0 Å². The van der Waals surface area contributed by atoms with Crippen molar-refractivity contribution in [2.24, 2.45) is 5.41 Å². The van der Waals surface area contributed by atoms with Crippen molar-refractivity contribution in [2.45, 2.75) is 26.1 Å². The SMILES string of the molecule is CC1(C)COc2cc(-c3ccc(F)c(C(F)(F)F)c3)ccc2C1NC(=O)O. The van der Waals surface area contributed by atoms with Crippen molar-refractivity contribution < 1.29 is 32.2 Å². The van der Waals surface area contributed by atoms with Crippen molar-refractivity contribution >= 4 is 6.09 Å². The molecule has 0 spiro atoms. The molecule has 8 heteroatoms. The Balaban J connectivity index is 2.04. The van der Waals surface area contributed by atoms with E-state index in [1.807, 2.05) is 13.8 Å². The van der Waals surface area contributed by atoms with Gasteiger partial charge in [-0.05, 0) is 29.3 Å². The van der Waals surface area contributed by atoms with Crippen molar-refractivity contribution in [3.8, 4) is 16.9 Å². The van der Waals surface area contributed by atoms with Gasteiger partial charge in [0.2, 0.25) is 0 Å². The maximum atomic E-state index is 13.5. The molecule has 0 aromatic heterocycles. The molecule has 0 radical (unpaired) electrons. The third kappa shape index (κ3) is 3.70. The summed E-state index contributed by atoms with van der Waals surface area (Å²) in [6.07, 6.45) is -5.98. The monoisotopic (exact) mass is 383 g/mol. The first-order chi connectivity index (χ1) is 12.5. The molecule has 1 atom stereocenters. The Morgan fingerprint density at radius 2 is 1.81 bits per heavy atom. The summed E-state index contributed by atoms with van der Waals surface area (Å²) in [6, 6.07) is 6.95. The molecule has 144 valence electrons. The standard InChI is InChI=1S/C19H17F4NO3/c1-18(2)9-27-15-8-11(3-5-12(15)16(18)24-17(25)26)10-4-6-14(20)13(7-10)19(21,22)23/h3-8,16,24H,9H2,1-2H3,(H,25,26). The van der Waals surface area contributed by atoms with Gasteiger partial charge in [-0.3, -0.25) is 0 Å². The molecule has 0 saturated heterocycles. The molecular formula is C19H17F4NO3. The second-order valence-corrected chi connectivity index (χ2v) is 7.10. The van der Waals surface area contributed by atoms with Crippen LogP contribution in [0.5, 0.6) is 5.75 Å². The maximum absolute atomic E-state index is 13.5. The lowest BCUT2D eigenvalue weighted by Crippen LogP contribution is -2.43. The topological polar surface area (TPSA) is 58.6 Å². The molecule has 0 fully saturated rings. The van der Waals surface area contributed by atoms with Gasteiger partial charge < -0.3 is 15.2 Å². The Labute approximate surface area is 152 Å². The summed E-state index contributed by atoms with van der Waals surface area (Å²) in [4.78, 5) is 11.1. The first-order valence-corrected chi connectivity index (χ1v) is 8.12. The van der Waals surface area contributed by atoms with Crippen LogP contribution in [0.2, 0.25) is 0 Å². The first kappa shape index (κ1) is 19.0. The van der Waals surface area contributed by atoms with E-state index in [-0.39, 0.29) is 12.2 Å². The minimum atomic E-state index is -4.80. The van der Waals surface area contributed by atoms with Gasteiger partial charge in [0, 0.05) is 11.0 Å². The molecule has 27 heavy (non-hydrogen) atoms. The number of halogens is 4. The number of ether oxygens (including phenoxy) is 1. The lowest BCUT2D eigenvalue weighted by atomic mass is 9.78. The van der Waals surface area contributed by atoms with Gasteiger partial charge in [-0.25, -0.2) is 9.18 Å². The highest BCUT2D eigenvalue weighted by Gasteiger charge is 2.39. The van der Waals surface area contributed by atoms with E-state index in [2.05, 4.69) is 5.32 Å². The van der Waals surface area contributed by atoms with E-state index in [0.717, 1.165) is 12.1 Å². The smallest absolute Gasteiger partial charge is 0.419 e. The molecule has 2 N–H and O–H groups in total. The average molecular weight is 383 g/mol. The van der Waals surface area contributed by atoms with Gasteiger partial charge in [-0.15, -0.1) is 0 Å². The van der Waals surface area contributed by atoms with Crippen molar-refractivity contribution in [3.63, 3.8) is 0 Å². The molecular weight excluding hydrogens is 366 g/mol. The van der Waals surface area contributed by atoms with Crippen LogP contribution in [-0.4, -0.2) is 17.8 Å². The van der Waals surface area contributed by atoms with E-state index in [4.69, 9.17) is 9.84 Å². The van der Waals surface area contributed by atoms with Crippen molar-refractivity contribution in [2.75, 3.05) is 6.61 Å². The second kappa shape index (κ2) is 6.44. The summed E-state index contributed by atoms with van der Waals surface area (Å²) in [6.45, 7) is 3.92. The molecule has 0 saturated carbocycles. The van der Waals surface area contributed by atoms with E-state index in [9.17, 15) is 22.4 Å². The minimum absolute atomic E-state index is 0.183. The molecule has 1 aliphatic heterocycles. The Hall–Kier alpha value is -2.77. The summed E-state index contributed by atoms with van der Waals surface area (Å²) < 4.78 is 58.1. The molecule has 1 unspecified atom stereocenters. The van der Waals surface area contributed by atoms with Gasteiger partial charge in [0.25, 0.3) is 0 Å². The van der Waals surface area contributed by atoms with E-state index >= 15 is 0 Å². The number of alkyl halides is 3. The molecule has 1 heterocycles. The molecule has 0 aliphatic carbocycles. The number of amides is 1. The van der Waals surface area contributed by atoms with Crippen LogP contribution in [0, 0.1) is 11.2 Å². The molecule has 0 bridgehead atoms. The first-order valence-electron chi connectivity index (χ1n) is 8.12. The van der Waals surface area contributed by atoms with Crippen LogP contribution in [0.3, 0.4) is 0 Å². The average Bonchev–Trinajstić information content (AvgIpc) is 2.56. The third-order valence-corrected chi connectivity index (χ3v) is 4.58. The van der Waals surface area contributed by atoms with Crippen molar-refractivity contribution in [1.29, 1.82) is 0 Å². The van der Waals surface area contributed by atoms with E-state index in [0.29, 0.717) is 16.9 Å². The van der Waals surface area contributed by atoms with Gasteiger partial charge in [-0.1, -0.05) is 32.0 Å². The quantitative estimate of drug-likeness (QED) is 0.698. The molecule has 4 nitrogen and oxygen atoms in total. The largest absolute Gasteiger partial charge is 0.493 e. The van der Waals surface area contributed by atoms with Crippen LogP contribution in [0.25, 0.3) is 11.1 Å². The summed E-state index contributed by atoms with van der Waals surface area (Å²) >= 11 is 0. The van der Waals surface area contributed by atoms with Gasteiger partial charge >= 0.3 is 12.3 Å². The number of benzene rings is 2. The molecule has 2 aromatic carbocycles. The third-order valence-electron chi connectivity index (χ3n) is 4.58. The zero-order chi connectivity index (χ0) is 20.0. The van der Waals surface area contributed by atoms with Gasteiger partial charge in [0.05, 0.1) is 18.2 Å². The number of hydrogen-bond acceptors (Lipinski definition) is 2. The Morgan fingerprint density at radius 3 is 2.44 bits per heavy atom. The number of carboxylic acid groups (broad SMARTS) is 1. The summed E-state index contributed by atoms with van der Waals surface area (Å²) in [7, 11) is 0. The Kier molecular flexibility index (Phi) is 4.53. The highest BCUT2D eigenvalue weighted by molar-refractivity contribution is 5.69. The predicted octanol–water partition coefficient (Wildman–Crippen LogP) is 5.24. The number of carbonyl (C=O) groups is 1. The maximum Gasteiger partial charge on any atom is 0.419 e. The van der Waals surface area contributed by atoms with Crippen LogP contribution >= 0.6 is 0 Å². The van der Waals surface area contributed by atoms with Crippen LogP contribution in [-0.2, 0) is 6.18 Å². The highest BCUT2D eigenvalue weighted by Crippen LogP contribution is 2.44. The number of fused-ring (bicyclic) bond motifs is 1. The van der Waals surface area contributed by atoms with Gasteiger partial charge in [0.1, 0.15) is 11.6 Å². The van der Waals surface area contributed by atoms with Crippen LogP contribution in [0.4, 0.5) is 22.4 Å². The predicted molar refractivity (Wildman–Crippen MR) is 90.0 cm³/mol. The van der Waals surface area contributed by atoms with Crippen LogP contribution in [0.15, 0.2) is 36.4 Å². The number of nitrogens with one attached hydrogen (secondary N) is 1.